The number of Topliss-reactive ketones (excluding diaryl/α,β-unsaturated/α-hetero) is 1. The predicted molar refractivity (Wildman–Crippen MR) is 85.0 cm³/mol. The Morgan fingerprint density at radius 1 is 0.900 bits per heavy atom. The molecule has 0 fully saturated rings. The van der Waals surface area contributed by atoms with Gasteiger partial charge in [0.05, 0.1) is 0 Å². The minimum Gasteiger partial charge on any atom is -0.300 e. The Morgan fingerprint density at radius 3 is 1.80 bits per heavy atom. The van der Waals surface area contributed by atoms with Crippen molar-refractivity contribution in [1.82, 2.24) is 0 Å². The van der Waals surface area contributed by atoms with Gasteiger partial charge in [0, 0.05) is 12.3 Å². The number of hydrogen-bond acceptors (Lipinski definition) is 1. The van der Waals surface area contributed by atoms with Crippen molar-refractivity contribution >= 4 is 5.78 Å². The van der Waals surface area contributed by atoms with Crippen LogP contribution in [-0.4, -0.2) is 5.78 Å². The number of fused-ring (bicyclic) bond motifs is 3. The molecule has 0 atom stereocenters. The maximum absolute atomic E-state index is 11.2. The van der Waals surface area contributed by atoms with Crippen molar-refractivity contribution in [2.45, 2.75) is 39.5 Å². The molecule has 0 N–H and O–H groups in total. The van der Waals surface area contributed by atoms with Crippen LogP contribution < -0.4 is 0 Å². The molecule has 0 amide bonds. The molecule has 0 aromatic heterocycles. The second-order valence-corrected chi connectivity index (χ2v) is 4.97. The molecule has 0 bridgehead atoms. The van der Waals surface area contributed by atoms with E-state index in [9.17, 15) is 4.79 Å². The summed E-state index contributed by atoms with van der Waals surface area (Å²) in [7, 11) is 0. The summed E-state index contributed by atoms with van der Waals surface area (Å²) in [6.45, 7) is 5.67. The van der Waals surface area contributed by atoms with Gasteiger partial charge in [-0.15, -0.1) is 0 Å². The first kappa shape index (κ1) is 14.5. The van der Waals surface area contributed by atoms with Gasteiger partial charge in [-0.3, -0.25) is 0 Å². The van der Waals surface area contributed by atoms with E-state index in [1.807, 2.05) is 13.8 Å². The standard InChI is InChI=1S/C17H16O.C2H6/c1-12(18)10-11-17-15-8-4-2-6-13(15)14-7-3-5-9-16(14)17;1-2/h2-9,17H,10-11H2,1H3;1-2H3. The van der Waals surface area contributed by atoms with Crippen LogP contribution >= 0.6 is 0 Å². The van der Waals surface area contributed by atoms with Crippen molar-refractivity contribution in [2.75, 3.05) is 0 Å². The first-order chi connectivity index (χ1) is 9.77. The quantitative estimate of drug-likeness (QED) is 0.746. The van der Waals surface area contributed by atoms with E-state index >= 15 is 0 Å². The number of rotatable bonds is 3. The van der Waals surface area contributed by atoms with Gasteiger partial charge in [0.25, 0.3) is 0 Å². The Hall–Kier alpha value is -1.89. The molecule has 0 aliphatic heterocycles. The minimum absolute atomic E-state index is 0.275. The molecule has 1 aliphatic rings. The third-order valence-electron chi connectivity index (χ3n) is 3.75. The molecule has 0 unspecified atom stereocenters. The lowest BCUT2D eigenvalue weighted by molar-refractivity contribution is -0.117. The molecule has 0 saturated carbocycles. The van der Waals surface area contributed by atoms with Crippen molar-refractivity contribution in [3.63, 3.8) is 0 Å². The van der Waals surface area contributed by atoms with Crippen LogP contribution in [0.5, 0.6) is 0 Å². The van der Waals surface area contributed by atoms with Gasteiger partial charge in [-0.1, -0.05) is 62.4 Å². The average molecular weight is 266 g/mol. The van der Waals surface area contributed by atoms with E-state index < -0.39 is 0 Å². The molecule has 2 aromatic carbocycles. The van der Waals surface area contributed by atoms with E-state index in [4.69, 9.17) is 0 Å². The normalized spacial score (nSPS) is 12.2. The molecule has 2 aromatic rings. The van der Waals surface area contributed by atoms with Crippen LogP contribution in [-0.2, 0) is 4.79 Å². The van der Waals surface area contributed by atoms with Crippen LogP contribution in [0.2, 0.25) is 0 Å². The van der Waals surface area contributed by atoms with Gasteiger partial charge in [-0.05, 0) is 35.6 Å². The highest BCUT2D eigenvalue weighted by Gasteiger charge is 2.27. The van der Waals surface area contributed by atoms with Gasteiger partial charge in [0.1, 0.15) is 5.78 Å². The fourth-order valence-electron chi connectivity index (χ4n) is 2.92. The highest BCUT2D eigenvalue weighted by atomic mass is 16.1. The van der Waals surface area contributed by atoms with Crippen molar-refractivity contribution in [3.8, 4) is 11.1 Å². The number of ketones is 1. The topological polar surface area (TPSA) is 17.1 Å². The molecule has 0 heterocycles. The fourth-order valence-corrected chi connectivity index (χ4v) is 2.92. The molecule has 0 radical (unpaired) electrons. The van der Waals surface area contributed by atoms with E-state index in [0.29, 0.717) is 12.3 Å². The summed E-state index contributed by atoms with van der Waals surface area (Å²) in [5.41, 5.74) is 5.42. The Morgan fingerprint density at radius 2 is 1.35 bits per heavy atom. The molecule has 0 saturated heterocycles. The molecule has 1 heteroatoms. The van der Waals surface area contributed by atoms with Gasteiger partial charge >= 0.3 is 0 Å². The Balaban J connectivity index is 0.000000704. The molecule has 1 nitrogen and oxygen atoms in total. The first-order valence-corrected chi connectivity index (χ1v) is 7.45. The monoisotopic (exact) mass is 266 g/mol. The smallest absolute Gasteiger partial charge is 0.129 e. The summed E-state index contributed by atoms with van der Waals surface area (Å²) in [4.78, 5) is 11.2. The van der Waals surface area contributed by atoms with Crippen LogP contribution in [0, 0.1) is 0 Å². The number of carbonyl (C=O) groups excluding carboxylic acids is 1. The van der Waals surface area contributed by atoms with Crippen LogP contribution in [0.3, 0.4) is 0 Å². The molecule has 20 heavy (non-hydrogen) atoms. The highest BCUT2D eigenvalue weighted by Crippen LogP contribution is 2.46. The zero-order valence-electron chi connectivity index (χ0n) is 12.5. The van der Waals surface area contributed by atoms with E-state index in [0.717, 1.165) is 6.42 Å². The summed E-state index contributed by atoms with van der Waals surface area (Å²) in [5.74, 6) is 0.665. The van der Waals surface area contributed by atoms with Gasteiger partial charge in [-0.25, -0.2) is 0 Å². The van der Waals surface area contributed by atoms with E-state index in [1.54, 1.807) is 6.92 Å². The Labute approximate surface area is 121 Å². The lowest BCUT2D eigenvalue weighted by atomic mass is 9.91. The Kier molecular flexibility index (Phi) is 4.73. The van der Waals surface area contributed by atoms with Crippen LogP contribution in [0.4, 0.5) is 0 Å². The maximum atomic E-state index is 11.2. The predicted octanol–water partition coefficient (Wildman–Crippen LogP) is 5.19. The molecule has 0 spiro atoms. The van der Waals surface area contributed by atoms with E-state index in [-0.39, 0.29) is 5.78 Å². The number of benzene rings is 2. The number of carbonyl (C=O) groups is 1. The summed E-state index contributed by atoms with van der Waals surface area (Å²) < 4.78 is 0. The summed E-state index contributed by atoms with van der Waals surface area (Å²) in [6, 6.07) is 17.1. The second kappa shape index (κ2) is 6.51. The summed E-state index contributed by atoms with van der Waals surface area (Å²) >= 11 is 0. The van der Waals surface area contributed by atoms with E-state index in [1.165, 1.54) is 22.3 Å². The molecule has 104 valence electrons. The summed E-state index contributed by atoms with van der Waals surface area (Å²) in [5, 5.41) is 0. The van der Waals surface area contributed by atoms with Crippen LogP contribution in [0.15, 0.2) is 48.5 Å². The van der Waals surface area contributed by atoms with Crippen molar-refractivity contribution < 1.29 is 4.79 Å². The minimum atomic E-state index is 0.275. The lowest BCUT2D eigenvalue weighted by Crippen LogP contribution is -2.00. The largest absolute Gasteiger partial charge is 0.300 e. The average Bonchev–Trinajstić information content (AvgIpc) is 2.81. The zero-order chi connectivity index (χ0) is 14.5. The maximum Gasteiger partial charge on any atom is 0.129 e. The van der Waals surface area contributed by atoms with Gasteiger partial charge < -0.3 is 4.79 Å². The Bertz CT molecular complexity index is 553. The van der Waals surface area contributed by atoms with Crippen LogP contribution in [0.1, 0.15) is 50.7 Å². The zero-order valence-corrected chi connectivity index (χ0v) is 12.5. The number of hydrogen-bond donors (Lipinski definition) is 0. The van der Waals surface area contributed by atoms with Gasteiger partial charge in [0.2, 0.25) is 0 Å². The lowest BCUT2D eigenvalue weighted by Gasteiger charge is -2.12. The second-order valence-electron chi connectivity index (χ2n) is 4.97. The first-order valence-electron chi connectivity index (χ1n) is 7.45. The molecule has 1 aliphatic carbocycles. The molecular formula is C19H22O. The molecule has 3 rings (SSSR count). The van der Waals surface area contributed by atoms with Crippen molar-refractivity contribution in [1.29, 1.82) is 0 Å². The third-order valence-corrected chi connectivity index (χ3v) is 3.75. The van der Waals surface area contributed by atoms with Crippen LogP contribution in [0.25, 0.3) is 11.1 Å². The molecular weight excluding hydrogens is 244 g/mol. The fraction of sp³-hybridized carbons (Fsp3) is 0.316. The van der Waals surface area contributed by atoms with E-state index in [2.05, 4.69) is 48.5 Å². The van der Waals surface area contributed by atoms with Gasteiger partial charge in [-0.2, -0.15) is 0 Å². The van der Waals surface area contributed by atoms with Crippen molar-refractivity contribution in [3.05, 3.63) is 59.7 Å². The van der Waals surface area contributed by atoms with Gasteiger partial charge in [0.15, 0.2) is 0 Å². The van der Waals surface area contributed by atoms with Crippen molar-refractivity contribution in [2.24, 2.45) is 0 Å². The summed E-state index contributed by atoms with van der Waals surface area (Å²) in [6.07, 6.45) is 1.58. The SMILES string of the molecule is CC.CC(=O)CCC1c2ccccc2-c2ccccc21. The highest BCUT2D eigenvalue weighted by molar-refractivity contribution is 5.80. The third kappa shape index (κ3) is 2.67.